The van der Waals surface area contributed by atoms with Crippen LogP contribution in [-0.4, -0.2) is 10.9 Å². The van der Waals surface area contributed by atoms with Gasteiger partial charge in [-0.3, -0.25) is 0 Å². The molecule has 0 aliphatic carbocycles. The second kappa shape index (κ2) is 3.78. The van der Waals surface area contributed by atoms with E-state index in [1.807, 2.05) is 12.1 Å². The average Bonchev–Trinajstić information content (AvgIpc) is 2.58. The summed E-state index contributed by atoms with van der Waals surface area (Å²) in [6.07, 6.45) is 3.55. The lowest BCUT2D eigenvalue weighted by molar-refractivity contribution is -0.107. The zero-order valence-corrected chi connectivity index (χ0v) is 10.0. The third-order valence-electron chi connectivity index (χ3n) is 2.82. The van der Waals surface area contributed by atoms with Crippen LogP contribution < -0.4 is 0 Å². The molecule has 0 atom stereocenters. The second-order valence-corrected chi connectivity index (χ2v) is 5.08. The SMILES string of the molecule is CC(C)(C)n1cc(CC=O)c2ccccc21. The smallest absolute Gasteiger partial charge is 0.124 e. The van der Waals surface area contributed by atoms with E-state index in [2.05, 4.69) is 43.7 Å². The molecule has 0 unspecified atom stereocenters. The predicted molar refractivity (Wildman–Crippen MR) is 66.7 cm³/mol. The van der Waals surface area contributed by atoms with Gasteiger partial charge < -0.3 is 9.36 Å². The van der Waals surface area contributed by atoms with Gasteiger partial charge in [0.05, 0.1) is 0 Å². The Hall–Kier alpha value is -1.57. The Morgan fingerprint density at radius 2 is 1.94 bits per heavy atom. The number of aromatic nitrogens is 1. The van der Waals surface area contributed by atoms with E-state index in [9.17, 15) is 4.79 Å². The van der Waals surface area contributed by atoms with E-state index in [1.54, 1.807) is 0 Å². The van der Waals surface area contributed by atoms with Crippen LogP contribution in [0.1, 0.15) is 26.3 Å². The first kappa shape index (κ1) is 10.9. The van der Waals surface area contributed by atoms with Crippen LogP contribution in [0.15, 0.2) is 30.5 Å². The molecule has 0 aliphatic heterocycles. The first-order chi connectivity index (χ1) is 7.54. The third-order valence-corrected chi connectivity index (χ3v) is 2.82. The molecule has 1 aromatic carbocycles. The quantitative estimate of drug-likeness (QED) is 0.705. The first-order valence-corrected chi connectivity index (χ1v) is 5.57. The van der Waals surface area contributed by atoms with Crippen molar-refractivity contribution in [1.82, 2.24) is 4.57 Å². The normalized spacial score (nSPS) is 11.9. The molecule has 1 heterocycles. The van der Waals surface area contributed by atoms with E-state index in [-0.39, 0.29) is 5.54 Å². The average molecular weight is 215 g/mol. The highest BCUT2D eigenvalue weighted by molar-refractivity contribution is 5.86. The standard InChI is InChI=1S/C14H17NO/c1-14(2,3)15-10-11(8-9-16)12-6-4-5-7-13(12)15/h4-7,9-10H,8H2,1-3H3. The summed E-state index contributed by atoms with van der Waals surface area (Å²) in [5.74, 6) is 0. The molecule has 2 aromatic rings. The molecule has 0 aliphatic rings. The number of fused-ring (bicyclic) bond motifs is 1. The summed E-state index contributed by atoms with van der Waals surface area (Å²) in [5.41, 5.74) is 2.35. The number of para-hydroxylation sites is 1. The Morgan fingerprint density at radius 1 is 1.25 bits per heavy atom. The van der Waals surface area contributed by atoms with Crippen molar-refractivity contribution in [3.63, 3.8) is 0 Å². The van der Waals surface area contributed by atoms with Crippen LogP contribution in [0.2, 0.25) is 0 Å². The van der Waals surface area contributed by atoms with Crippen molar-refractivity contribution in [3.05, 3.63) is 36.0 Å². The Balaban J connectivity index is 2.71. The lowest BCUT2D eigenvalue weighted by Crippen LogP contribution is -2.20. The van der Waals surface area contributed by atoms with E-state index < -0.39 is 0 Å². The summed E-state index contributed by atoms with van der Waals surface area (Å²) >= 11 is 0. The van der Waals surface area contributed by atoms with Crippen molar-refractivity contribution in [2.75, 3.05) is 0 Å². The van der Waals surface area contributed by atoms with Crippen LogP contribution in [0.25, 0.3) is 10.9 Å². The van der Waals surface area contributed by atoms with Crippen molar-refractivity contribution < 1.29 is 4.79 Å². The molecule has 0 fully saturated rings. The fourth-order valence-electron chi connectivity index (χ4n) is 2.06. The molecule has 0 radical (unpaired) electrons. The van der Waals surface area contributed by atoms with E-state index in [1.165, 1.54) is 10.9 Å². The van der Waals surface area contributed by atoms with Crippen LogP contribution in [0.3, 0.4) is 0 Å². The van der Waals surface area contributed by atoms with Crippen LogP contribution in [0.4, 0.5) is 0 Å². The van der Waals surface area contributed by atoms with Gasteiger partial charge in [-0.15, -0.1) is 0 Å². The highest BCUT2D eigenvalue weighted by Gasteiger charge is 2.17. The lowest BCUT2D eigenvalue weighted by atomic mass is 10.1. The largest absolute Gasteiger partial charge is 0.342 e. The first-order valence-electron chi connectivity index (χ1n) is 5.57. The second-order valence-electron chi connectivity index (χ2n) is 5.08. The lowest BCUT2D eigenvalue weighted by Gasteiger charge is -2.22. The molecule has 0 spiro atoms. The molecule has 0 saturated carbocycles. The van der Waals surface area contributed by atoms with Crippen molar-refractivity contribution in [1.29, 1.82) is 0 Å². The Bertz CT molecular complexity index is 517. The topological polar surface area (TPSA) is 22.0 Å². The van der Waals surface area contributed by atoms with Gasteiger partial charge in [0.25, 0.3) is 0 Å². The highest BCUT2D eigenvalue weighted by atomic mass is 16.1. The summed E-state index contributed by atoms with van der Waals surface area (Å²) < 4.78 is 2.24. The van der Waals surface area contributed by atoms with Crippen LogP contribution >= 0.6 is 0 Å². The van der Waals surface area contributed by atoms with E-state index >= 15 is 0 Å². The molecule has 0 saturated heterocycles. The molecule has 1 aromatic heterocycles. The maximum absolute atomic E-state index is 10.7. The molecule has 2 nitrogen and oxygen atoms in total. The van der Waals surface area contributed by atoms with Crippen molar-refractivity contribution in [3.8, 4) is 0 Å². The maximum Gasteiger partial charge on any atom is 0.124 e. The minimum atomic E-state index is 0.0424. The molecule has 0 N–H and O–H groups in total. The van der Waals surface area contributed by atoms with Crippen LogP contribution in [-0.2, 0) is 16.8 Å². The fourth-order valence-corrected chi connectivity index (χ4v) is 2.06. The Labute approximate surface area is 95.9 Å². The predicted octanol–water partition coefficient (Wildman–Crippen LogP) is 3.14. The van der Waals surface area contributed by atoms with Crippen molar-refractivity contribution in [2.45, 2.75) is 32.7 Å². The number of benzene rings is 1. The summed E-state index contributed by atoms with van der Waals surface area (Å²) in [4.78, 5) is 10.7. The van der Waals surface area contributed by atoms with Gasteiger partial charge in [-0.2, -0.15) is 0 Å². The zero-order valence-electron chi connectivity index (χ0n) is 10.0. The summed E-state index contributed by atoms with van der Waals surface area (Å²) in [5, 5.41) is 1.18. The van der Waals surface area contributed by atoms with Gasteiger partial charge in [0.2, 0.25) is 0 Å². The van der Waals surface area contributed by atoms with E-state index in [0.717, 1.165) is 11.8 Å². The van der Waals surface area contributed by atoms with Gasteiger partial charge in [0.1, 0.15) is 6.29 Å². The Morgan fingerprint density at radius 3 is 2.56 bits per heavy atom. The molecule has 2 heteroatoms. The summed E-state index contributed by atoms with van der Waals surface area (Å²) in [7, 11) is 0. The zero-order chi connectivity index (χ0) is 11.8. The molecular formula is C14H17NO. The molecular weight excluding hydrogens is 198 g/mol. The van der Waals surface area contributed by atoms with Gasteiger partial charge in [0.15, 0.2) is 0 Å². The molecule has 0 amide bonds. The number of carbonyl (C=O) groups excluding carboxylic acids is 1. The summed E-state index contributed by atoms with van der Waals surface area (Å²) in [6.45, 7) is 6.51. The maximum atomic E-state index is 10.7. The third kappa shape index (κ3) is 1.75. The molecule has 84 valence electrons. The van der Waals surface area contributed by atoms with Gasteiger partial charge in [-0.1, -0.05) is 18.2 Å². The van der Waals surface area contributed by atoms with E-state index in [4.69, 9.17) is 0 Å². The minimum absolute atomic E-state index is 0.0424. The van der Waals surface area contributed by atoms with Crippen molar-refractivity contribution >= 4 is 17.2 Å². The van der Waals surface area contributed by atoms with Crippen LogP contribution in [0.5, 0.6) is 0 Å². The summed E-state index contributed by atoms with van der Waals surface area (Å²) in [6, 6.07) is 8.24. The number of nitrogens with zero attached hydrogens (tertiary/aromatic N) is 1. The number of hydrogen-bond acceptors (Lipinski definition) is 1. The Kier molecular flexibility index (Phi) is 2.58. The fraction of sp³-hybridized carbons (Fsp3) is 0.357. The number of rotatable bonds is 2. The number of hydrogen-bond donors (Lipinski definition) is 0. The van der Waals surface area contributed by atoms with Gasteiger partial charge in [-0.05, 0) is 32.4 Å². The molecule has 16 heavy (non-hydrogen) atoms. The number of carbonyl (C=O) groups is 1. The monoisotopic (exact) mass is 215 g/mol. The van der Waals surface area contributed by atoms with Crippen LogP contribution in [0, 0.1) is 0 Å². The minimum Gasteiger partial charge on any atom is -0.342 e. The van der Waals surface area contributed by atoms with Crippen molar-refractivity contribution in [2.24, 2.45) is 0 Å². The van der Waals surface area contributed by atoms with E-state index in [0.29, 0.717) is 6.42 Å². The molecule has 2 rings (SSSR count). The molecule has 0 bridgehead atoms. The highest BCUT2D eigenvalue weighted by Crippen LogP contribution is 2.27. The van der Waals surface area contributed by atoms with Gasteiger partial charge in [-0.25, -0.2) is 0 Å². The van der Waals surface area contributed by atoms with Gasteiger partial charge >= 0.3 is 0 Å². The number of aldehydes is 1. The van der Waals surface area contributed by atoms with Gasteiger partial charge in [0, 0.05) is 29.1 Å².